The molecule has 21 heavy (non-hydrogen) atoms. The lowest BCUT2D eigenvalue weighted by atomic mass is 9.71. The van der Waals surface area contributed by atoms with Crippen molar-refractivity contribution in [2.75, 3.05) is 11.9 Å². The number of nitrogens with zero attached hydrogens (tertiary/aromatic N) is 2. The molecule has 2 N–H and O–H groups in total. The normalized spacial score (nSPS) is 28.1. The van der Waals surface area contributed by atoms with Gasteiger partial charge in [-0.2, -0.15) is 0 Å². The number of aryl methyl sites for hydroxylation is 1. The van der Waals surface area contributed by atoms with Gasteiger partial charge in [-0.1, -0.05) is 6.92 Å². The van der Waals surface area contributed by atoms with Crippen LogP contribution in [-0.2, 0) is 17.6 Å². The van der Waals surface area contributed by atoms with Crippen molar-refractivity contribution in [3.05, 3.63) is 17.6 Å². The number of carbonyl (C=O) groups is 1. The van der Waals surface area contributed by atoms with Gasteiger partial charge in [0.05, 0.1) is 5.41 Å². The Labute approximate surface area is 125 Å². The van der Waals surface area contributed by atoms with E-state index in [0.717, 1.165) is 56.5 Å². The number of aliphatic carboxylic acids is 1. The van der Waals surface area contributed by atoms with Crippen molar-refractivity contribution < 1.29 is 9.90 Å². The summed E-state index contributed by atoms with van der Waals surface area (Å²) in [6.45, 7) is 2.68. The fourth-order valence-corrected chi connectivity index (χ4v) is 3.55. The predicted molar refractivity (Wildman–Crippen MR) is 80.2 cm³/mol. The standard InChI is InChI=1S/C16H23N3O2/c1-11-5-7-16(8-6-11,15(20)21)9-17-14-12-3-2-4-13(12)18-10-19-14/h10-11H,2-9H2,1H3,(H,20,21)(H,17,18,19). The molecule has 0 spiro atoms. The molecule has 0 radical (unpaired) electrons. The monoisotopic (exact) mass is 289 g/mol. The lowest BCUT2D eigenvalue weighted by Gasteiger charge is -2.36. The maximum Gasteiger partial charge on any atom is 0.311 e. The summed E-state index contributed by atoms with van der Waals surface area (Å²) in [5.74, 6) is 0.810. The van der Waals surface area contributed by atoms with Crippen LogP contribution in [0.3, 0.4) is 0 Å². The Morgan fingerprint density at radius 3 is 2.86 bits per heavy atom. The van der Waals surface area contributed by atoms with Gasteiger partial charge in [-0.15, -0.1) is 0 Å². The van der Waals surface area contributed by atoms with Crippen LogP contribution >= 0.6 is 0 Å². The average Bonchev–Trinajstić information content (AvgIpc) is 2.96. The molecule has 1 aromatic rings. The van der Waals surface area contributed by atoms with Gasteiger partial charge in [0.25, 0.3) is 0 Å². The average molecular weight is 289 g/mol. The molecule has 0 bridgehead atoms. The van der Waals surface area contributed by atoms with Gasteiger partial charge in [-0.3, -0.25) is 4.79 Å². The minimum atomic E-state index is -0.674. The molecule has 1 heterocycles. The molecule has 114 valence electrons. The Balaban J connectivity index is 1.73. The first-order chi connectivity index (χ1) is 10.1. The molecule has 1 aromatic heterocycles. The zero-order chi connectivity index (χ0) is 14.9. The van der Waals surface area contributed by atoms with Crippen molar-refractivity contribution in [3.63, 3.8) is 0 Å². The molecule has 0 saturated heterocycles. The van der Waals surface area contributed by atoms with Gasteiger partial charge in [0.2, 0.25) is 0 Å². The van der Waals surface area contributed by atoms with Crippen molar-refractivity contribution in [2.24, 2.45) is 11.3 Å². The van der Waals surface area contributed by atoms with Gasteiger partial charge >= 0.3 is 5.97 Å². The van der Waals surface area contributed by atoms with E-state index in [9.17, 15) is 9.90 Å². The summed E-state index contributed by atoms with van der Waals surface area (Å²) >= 11 is 0. The first-order valence-electron chi connectivity index (χ1n) is 7.91. The van der Waals surface area contributed by atoms with Crippen LogP contribution < -0.4 is 5.32 Å². The SMILES string of the molecule is CC1CCC(CNc2ncnc3c2CCC3)(C(=O)O)CC1. The highest BCUT2D eigenvalue weighted by Gasteiger charge is 2.41. The third-order valence-electron chi connectivity index (χ3n) is 5.15. The summed E-state index contributed by atoms with van der Waals surface area (Å²) in [7, 11) is 0. The second kappa shape index (κ2) is 5.62. The summed E-state index contributed by atoms with van der Waals surface area (Å²) in [6.07, 6.45) is 8.20. The lowest BCUT2D eigenvalue weighted by Crippen LogP contribution is -2.41. The molecular formula is C16H23N3O2. The van der Waals surface area contributed by atoms with Gasteiger partial charge in [0, 0.05) is 17.8 Å². The van der Waals surface area contributed by atoms with Crippen LogP contribution in [0, 0.1) is 11.3 Å². The van der Waals surface area contributed by atoms with Crippen LogP contribution in [0.2, 0.25) is 0 Å². The summed E-state index contributed by atoms with van der Waals surface area (Å²) in [4.78, 5) is 20.4. The quantitative estimate of drug-likeness (QED) is 0.891. The smallest absolute Gasteiger partial charge is 0.311 e. The van der Waals surface area contributed by atoms with Crippen molar-refractivity contribution in [2.45, 2.75) is 51.9 Å². The van der Waals surface area contributed by atoms with Crippen LogP contribution in [0.5, 0.6) is 0 Å². The second-order valence-electron chi connectivity index (χ2n) is 6.62. The maximum atomic E-state index is 11.8. The molecule has 0 aliphatic heterocycles. The highest BCUT2D eigenvalue weighted by atomic mass is 16.4. The minimum absolute atomic E-state index is 0.471. The second-order valence-corrected chi connectivity index (χ2v) is 6.62. The minimum Gasteiger partial charge on any atom is -0.481 e. The molecule has 0 aromatic carbocycles. The number of carboxylic acids is 1. The number of hydrogen-bond donors (Lipinski definition) is 2. The first-order valence-corrected chi connectivity index (χ1v) is 7.91. The van der Waals surface area contributed by atoms with Crippen LogP contribution in [0.1, 0.15) is 50.3 Å². The van der Waals surface area contributed by atoms with Crippen molar-refractivity contribution in [1.29, 1.82) is 0 Å². The summed E-state index contributed by atoms with van der Waals surface area (Å²) in [6, 6.07) is 0. The van der Waals surface area contributed by atoms with Crippen molar-refractivity contribution in [1.82, 2.24) is 9.97 Å². The molecule has 2 aliphatic carbocycles. The first kappa shape index (κ1) is 14.3. The van der Waals surface area contributed by atoms with E-state index in [4.69, 9.17) is 0 Å². The summed E-state index contributed by atoms with van der Waals surface area (Å²) in [5.41, 5.74) is 1.67. The van der Waals surface area contributed by atoms with E-state index in [2.05, 4.69) is 22.2 Å². The number of fused-ring (bicyclic) bond motifs is 1. The third-order valence-corrected chi connectivity index (χ3v) is 5.15. The molecular weight excluding hydrogens is 266 g/mol. The zero-order valence-electron chi connectivity index (χ0n) is 12.6. The van der Waals surface area contributed by atoms with Gasteiger partial charge in [-0.25, -0.2) is 9.97 Å². The Bertz CT molecular complexity index is 536. The Morgan fingerprint density at radius 2 is 2.14 bits per heavy atom. The molecule has 0 unspecified atom stereocenters. The highest BCUT2D eigenvalue weighted by molar-refractivity contribution is 5.75. The predicted octanol–water partition coefficient (Wildman–Crippen LogP) is 2.66. The topological polar surface area (TPSA) is 75.1 Å². The fraction of sp³-hybridized carbons (Fsp3) is 0.688. The molecule has 5 nitrogen and oxygen atoms in total. The number of hydrogen-bond acceptors (Lipinski definition) is 4. The van der Waals surface area contributed by atoms with Gasteiger partial charge in [0.15, 0.2) is 0 Å². The van der Waals surface area contributed by atoms with E-state index in [-0.39, 0.29) is 0 Å². The summed E-state index contributed by atoms with van der Waals surface area (Å²) < 4.78 is 0. The fourth-order valence-electron chi connectivity index (χ4n) is 3.55. The van der Waals surface area contributed by atoms with Crippen molar-refractivity contribution >= 4 is 11.8 Å². The van der Waals surface area contributed by atoms with Crippen LogP contribution in [-0.4, -0.2) is 27.6 Å². The third kappa shape index (κ3) is 2.74. The number of rotatable bonds is 4. The number of aromatic nitrogens is 2. The molecule has 0 atom stereocenters. The highest BCUT2D eigenvalue weighted by Crippen LogP contribution is 2.39. The van der Waals surface area contributed by atoms with E-state index in [1.165, 1.54) is 5.56 Å². The largest absolute Gasteiger partial charge is 0.481 e. The molecule has 1 fully saturated rings. The van der Waals surface area contributed by atoms with E-state index in [1.807, 2.05) is 0 Å². The van der Waals surface area contributed by atoms with Crippen LogP contribution in [0.15, 0.2) is 6.33 Å². The Hall–Kier alpha value is -1.65. The van der Waals surface area contributed by atoms with E-state index < -0.39 is 11.4 Å². The molecule has 5 heteroatoms. The van der Waals surface area contributed by atoms with E-state index in [1.54, 1.807) is 6.33 Å². The van der Waals surface area contributed by atoms with Crippen LogP contribution in [0.25, 0.3) is 0 Å². The molecule has 0 amide bonds. The zero-order valence-corrected chi connectivity index (χ0v) is 12.6. The molecule has 2 aliphatic rings. The Kier molecular flexibility index (Phi) is 3.83. The number of carboxylic acid groups (broad SMARTS) is 1. The number of anilines is 1. The molecule has 3 rings (SSSR count). The number of nitrogens with one attached hydrogen (secondary N) is 1. The Morgan fingerprint density at radius 1 is 1.38 bits per heavy atom. The van der Waals surface area contributed by atoms with E-state index >= 15 is 0 Å². The van der Waals surface area contributed by atoms with Gasteiger partial charge in [0.1, 0.15) is 12.1 Å². The summed E-state index contributed by atoms with van der Waals surface area (Å²) in [5, 5.41) is 13.0. The van der Waals surface area contributed by atoms with Crippen LogP contribution in [0.4, 0.5) is 5.82 Å². The lowest BCUT2D eigenvalue weighted by molar-refractivity contribution is -0.150. The van der Waals surface area contributed by atoms with Gasteiger partial charge in [-0.05, 0) is 50.9 Å². The van der Waals surface area contributed by atoms with Gasteiger partial charge < -0.3 is 10.4 Å². The molecule has 1 saturated carbocycles. The van der Waals surface area contributed by atoms with Crippen molar-refractivity contribution in [3.8, 4) is 0 Å². The maximum absolute atomic E-state index is 11.8. The van der Waals surface area contributed by atoms with E-state index in [0.29, 0.717) is 12.5 Å².